The maximum Gasteiger partial charge on any atom is 0.178 e. The highest BCUT2D eigenvalue weighted by molar-refractivity contribution is 7.71. The predicted molar refractivity (Wildman–Crippen MR) is 86.7 cm³/mol. The number of likely N-dealkylation sites (tertiary alicyclic amines) is 1. The van der Waals surface area contributed by atoms with Crippen molar-refractivity contribution in [2.45, 2.75) is 33.2 Å². The van der Waals surface area contributed by atoms with Gasteiger partial charge in [0, 0.05) is 6.54 Å². The summed E-state index contributed by atoms with van der Waals surface area (Å²) in [5.74, 6) is 0. The Labute approximate surface area is 125 Å². The highest BCUT2D eigenvalue weighted by Gasteiger charge is 2.29. The molecule has 0 amide bonds. The van der Waals surface area contributed by atoms with Crippen molar-refractivity contribution in [2.75, 3.05) is 20.1 Å². The fraction of sp³-hybridized carbons (Fsp3) is 0.562. The van der Waals surface area contributed by atoms with Crippen LogP contribution in [0.4, 0.5) is 0 Å². The van der Waals surface area contributed by atoms with Crippen LogP contribution in [-0.2, 0) is 6.54 Å². The molecule has 3 rings (SSSR count). The quantitative estimate of drug-likeness (QED) is 0.852. The summed E-state index contributed by atoms with van der Waals surface area (Å²) >= 11 is 5.53. The molecule has 108 valence electrons. The van der Waals surface area contributed by atoms with E-state index in [4.69, 9.17) is 12.2 Å². The minimum absolute atomic E-state index is 0.352. The zero-order valence-corrected chi connectivity index (χ0v) is 13.4. The highest BCUT2D eigenvalue weighted by atomic mass is 32.1. The zero-order valence-electron chi connectivity index (χ0n) is 12.6. The molecule has 1 fully saturated rings. The molecule has 2 heterocycles. The van der Waals surface area contributed by atoms with Gasteiger partial charge in [-0.25, -0.2) is 0 Å². The molecule has 4 heteroatoms. The second-order valence-corrected chi connectivity index (χ2v) is 7.04. The summed E-state index contributed by atoms with van der Waals surface area (Å²) in [5.41, 5.74) is 4.02. The van der Waals surface area contributed by atoms with E-state index in [-0.39, 0.29) is 0 Å². The first-order chi connectivity index (χ1) is 9.47. The summed E-state index contributed by atoms with van der Waals surface area (Å²) < 4.78 is 3.14. The van der Waals surface area contributed by atoms with E-state index in [1.165, 1.54) is 37.0 Å². The molecule has 0 aliphatic carbocycles. The monoisotopic (exact) mass is 289 g/mol. The van der Waals surface area contributed by atoms with Gasteiger partial charge in [-0.15, -0.1) is 0 Å². The molecule has 3 nitrogen and oxygen atoms in total. The number of benzene rings is 1. The van der Waals surface area contributed by atoms with Crippen LogP contribution in [-0.4, -0.2) is 34.6 Å². The van der Waals surface area contributed by atoms with Crippen molar-refractivity contribution in [3.05, 3.63) is 28.5 Å². The number of aromatic nitrogens is 2. The number of H-pyrrole nitrogens is 1. The molecule has 1 aromatic heterocycles. The number of imidazole rings is 1. The molecule has 1 saturated heterocycles. The van der Waals surface area contributed by atoms with Crippen molar-refractivity contribution in [3.8, 4) is 0 Å². The fourth-order valence-electron chi connectivity index (χ4n) is 3.13. The number of fused-ring (bicyclic) bond motifs is 1. The molecule has 0 atom stereocenters. The predicted octanol–water partition coefficient (Wildman–Crippen LogP) is 3.74. The Morgan fingerprint density at radius 1 is 1.30 bits per heavy atom. The summed E-state index contributed by atoms with van der Waals surface area (Å²) in [4.78, 5) is 5.77. The third-order valence-corrected chi connectivity index (χ3v) is 4.99. The maximum atomic E-state index is 5.53. The lowest BCUT2D eigenvalue weighted by Gasteiger charge is -2.38. The average Bonchev–Trinajstić information content (AvgIpc) is 2.69. The Morgan fingerprint density at radius 2 is 2.00 bits per heavy atom. The maximum absolute atomic E-state index is 5.53. The van der Waals surface area contributed by atoms with Crippen LogP contribution < -0.4 is 0 Å². The lowest BCUT2D eigenvalue weighted by molar-refractivity contribution is 0.121. The smallest absolute Gasteiger partial charge is 0.178 e. The van der Waals surface area contributed by atoms with E-state index in [9.17, 15) is 0 Å². The van der Waals surface area contributed by atoms with Gasteiger partial charge in [0.25, 0.3) is 0 Å². The van der Waals surface area contributed by atoms with Crippen LogP contribution in [0.25, 0.3) is 11.0 Å². The van der Waals surface area contributed by atoms with Gasteiger partial charge in [0.1, 0.15) is 0 Å². The Morgan fingerprint density at radius 3 is 2.70 bits per heavy atom. The molecule has 0 saturated carbocycles. The molecule has 20 heavy (non-hydrogen) atoms. The molecule has 0 spiro atoms. The van der Waals surface area contributed by atoms with Crippen molar-refractivity contribution in [3.63, 3.8) is 0 Å². The Hall–Kier alpha value is -1.13. The van der Waals surface area contributed by atoms with Gasteiger partial charge in [-0.05, 0) is 75.2 Å². The molecular weight excluding hydrogens is 266 g/mol. The molecule has 1 aliphatic rings. The molecule has 0 radical (unpaired) electrons. The molecular formula is C16H23N3S. The normalized spacial score (nSPS) is 19.6. The van der Waals surface area contributed by atoms with Crippen molar-refractivity contribution in [2.24, 2.45) is 5.41 Å². The molecule has 1 aromatic carbocycles. The van der Waals surface area contributed by atoms with E-state index in [1.807, 2.05) is 0 Å². The van der Waals surface area contributed by atoms with Gasteiger partial charge in [-0.2, -0.15) is 0 Å². The topological polar surface area (TPSA) is 24.0 Å². The molecule has 1 aliphatic heterocycles. The van der Waals surface area contributed by atoms with Crippen LogP contribution in [0, 0.1) is 17.1 Å². The highest BCUT2D eigenvalue weighted by Crippen LogP contribution is 2.33. The Balaban J connectivity index is 1.95. The number of nitrogens with one attached hydrogen (secondary N) is 1. The van der Waals surface area contributed by atoms with Crippen LogP contribution in [0.5, 0.6) is 0 Å². The number of rotatable bonds is 2. The fourth-order valence-corrected chi connectivity index (χ4v) is 3.41. The second kappa shape index (κ2) is 5.01. The summed E-state index contributed by atoms with van der Waals surface area (Å²) in [6.07, 6.45) is 2.48. The van der Waals surface area contributed by atoms with E-state index in [1.54, 1.807) is 0 Å². The number of hydrogen-bond acceptors (Lipinski definition) is 2. The third-order valence-electron chi connectivity index (χ3n) is 4.66. The summed E-state index contributed by atoms with van der Waals surface area (Å²) in [7, 11) is 2.21. The average molecular weight is 289 g/mol. The van der Waals surface area contributed by atoms with Crippen molar-refractivity contribution >= 4 is 23.3 Å². The van der Waals surface area contributed by atoms with Crippen LogP contribution in [0.3, 0.4) is 0 Å². The van der Waals surface area contributed by atoms with Gasteiger partial charge < -0.3 is 14.5 Å². The van der Waals surface area contributed by atoms with Gasteiger partial charge >= 0.3 is 0 Å². The number of nitrogens with zero attached hydrogens (tertiary/aromatic N) is 2. The Kier molecular flexibility index (Phi) is 3.46. The molecule has 1 N–H and O–H groups in total. The molecule has 0 unspecified atom stereocenters. The standard InChI is InChI=1S/C16H23N3S/c1-12-4-5-14-13(10-12)17-15(20)19(14)11-16(2)6-8-18(3)9-7-16/h4-5,10H,6-9,11H2,1-3H3,(H,17,20). The van der Waals surface area contributed by atoms with Gasteiger partial charge in [0.05, 0.1) is 11.0 Å². The third kappa shape index (κ3) is 2.54. The number of hydrogen-bond donors (Lipinski definition) is 1. The van der Waals surface area contributed by atoms with Gasteiger partial charge in [0.2, 0.25) is 0 Å². The minimum atomic E-state index is 0.352. The first-order valence-electron chi connectivity index (χ1n) is 7.35. The summed E-state index contributed by atoms with van der Waals surface area (Å²) in [6, 6.07) is 6.53. The summed E-state index contributed by atoms with van der Waals surface area (Å²) in [5, 5.41) is 0. The Bertz CT molecular complexity index is 675. The lowest BCUT2D eigenvalue weighted by Crippen LogP contribution is -2.38. The van der Waals surface area contributed by atoms with E-state index >= 15 is 0 Å². The number of piperidine rings is 1. The van der Waals surface area contributed by atoms with Gasteiger partial charge in [-0.1, -0.05) is 13.0 Å². The largest absolute Gasteiger partial charge is 0.331 e. The van der Waals surface area contributed by atoms with Crippen LogP contribution in [0.1, 0.15) is 25.3 Å². The van der Waals surface area contributed by atoms with Crippen LogP contribution in [0.15, 0.2) is 18.2 Å². The zero-order chi connectivity index (χ0) is 14.3. The van der Waals surface area contributed by atoms with Gasteiger partial charge in [0.15, 0.2) is 4.77 Å². The lowest BCUT2D eigenvalue weighted by atomic mass is 9.80. The van der Waals surface area contributed by atoms with Crippen LogP contribution >= 0.6 is 12.2 Å². The van der Waals surface area contributed by atoms with Crippen LogP contribution in [0.2, 0.25) is 0 Å². The van der Waals surface area contributed by atoms with E-state index < -0.39 is 0 Å². The van der Waals surface area contributed by atoms with E-state index in [2.05, 4.69) is 53.5 Å². The molecule has 0 bridgehead atoms. The minimum Gasteiger partial charge on any atom is -0.331 e. The van der Waals surface area contributed by atoms with Crippen molar-refractivity contribution in [1.82, 2.24) is 14.5 Å². The van der Waals surface area contributed by atoms with E-state index in [0.717, 1.165) is 16.8 Å². The van der Waals surface area contributed by atoms with E-state index in [0.29, 0.717) is 5.41 Å². The first-order valence-corrected chi connectivity index (χ1v) is 7.75. The number of aromatic amines is 1. The number of aryl methyl sites for hydroxylation is 1. The second-order valence-electron chi connectivity index (χ2n) is 6.65. The van der Waals surface area contributed by atoms with Crippen molar-refractivity contribution < 1.29 is 0 Å². The first kappa shape index (κ1) is 13.8. The van der Waals surface area contributed by atoms with Crippen molar-refractivity contribution in [1.29, 1.82) is 0 Å². The summed E-state index contributed by atoms with van der Waals surface area (Å²) in [6.45, 7) is 7.90. The molecule has 2 aromatic rings. The SMILES string of the molecule is Cc1ccc2c(c1)[nH]c(=S)n2CC1(C)CCN(C)CC1. The van der Waals surface area contributed by atoms with Gasteiger partial charge in [-0.3, -0.25) is 0 Å².